The zero-order chi connectivity index (χ0) is 20.0. The van der Waals surface area contributed by atoms with E-state index in [2.05, 4.69) is 0 Å². The average molecular weight is 382 g/mol. The van der Waals surface area contributed by atoms with Gasteiger partial charge in [-0.25, -0.2) is 4.79 Å². The van der Waals surface area contributed by atoms with Crippen LogP contribution in [0.4, 0.5) is 0 Å². The maximum Gasteiger partial charge on any atom is 0.342 e. The summed E-state index contributed by atoms with van der Waals surface area (Å²) < 4.78 is 28.1. The van der Waals surface area contributed by atoms with E-state index in [-0.39, 0.29) is 24.4 Å². The van der Waals surface area contributed by atoms with Gasteiger partial charge in [0.05, 0.1) is 23.9 Å². The van der Waals surface area contributed by atoms with E-state index in [9.17, 15) is 14.7 Å². The van der Waals surface area contributed by atoms with E-state index in [1.165, 1.54) is 21.1 Å². The molecule has 3 heterocycles. The Kier molecular flexibility index (Phi) is 4.96. The minimum atomic E-state index is -1.29. The lowest BCUT2D eigenvalue weighted by Gasteiger charge is -2.45. The summed E-state index contributed by atoms with van der Waals surface area (Å²) in [4.78, 5) is 24.1. The van der Waals surface area contributed by atoms with E-state index in [1.54, 1.807) is 13.0 Å². The molecule has 4 atom stereocenters. The van der Waals surface area contributed by atoms with Gasteiger partial charge < -0.3 is 28.8 Å². The normalized spacial score (nSPS) is 40.4. The van der Waals surface area contributed by atoms with Crippen molar-refractivity contribution in [2.75, 3.05) is 20.8 Å². The van der Waals surface area contributed by atoms with E-state index < -0.39 is 35.0 Å². The smallest absolute Gasteiger partial charge is 0.342 e. The summed E-state index contributed by atoms with van der Waals surface area (Å²) in [5, 5.41) is 11.0. The van der Waals surface area contributed by atoms with Gasteiger partial charge >= 0.3 is 11.9 Å². The maximum atomic E-state index is 12.3. The van der Waals surface area contributed by atoms with Crippen molar-refractivity contribution >= 4 is 11.9 Å². The molecule has 0 amide bonds. The molecule has 0 aliphatic carbocycles. The molecule has 0 radical (unpaired) electrons. The summed E-state index contributed by atoms with van der Waals surface area (Å²) in [7, 11) is 2.95. The number of hydrogen-bond donors (Lipinski definition) is 1. The molecule has 8 nitrogen and oxygen atoms in total. The SMILES string of the molecule is COCC1=C2/C(=C\[C@@]3(C)CC[C@](OC)(O3)[C@@](C)(OC(C)=O)C[C@H]2O)OC1=O. The molecule has 1 N–H and O–H groups in total. The first kappa shape index (κ1) is 20.0. The topological polar surface area (TPSA) is 101 Å². The number of rotatable bonds is 4. The van der Waals surface area contributed by atoms with Crippen LogP contribution in [0.25, 0.3) is 0 Å². The Morgan fingerprint density at radius 2 is 2.04 bits per heavy atom. The molecule has 8 heteroatoms. The molecule has 0 aromatic heterocycles. The molecule has 3 aliphatic rings. The van der Waals surface area contributed by atoms with Crippen molar-refractivity contribution < 1.29 is 38.4 Å². The van der Waals surface area contributed by atoms with Crippen LogP contribution in [0.1, 0.15) is 40.0 Å². The lowest BCUT2D eigenvalue weighted by atomic mass is 9.82. The predicted octanol–water partition coefficient (Wildman–Crippen LogP) is 1.37. The molecule has 27 heavy (non-hydrogen) atoms. The highest BCUT2D eigenvalue weighted by atomic mass is 16.7. The first-order chi connectivity index (χ1) is 12.6. The standard InChI is InChI=1S/C19H26O8/c1-11(20)26-18(3)8-13(21)15-12(10-23-4)16(22)25-14(15)9-17(2)6-7-19(18,24-5)27-17/h9,13,21H,6-8,10H2,1-5H3/b14-9+/t13-,17-,18+,19+/m1/s1. The van der Waals surface area contributed by atoms with E-state index in [1.807, 2.05) is 6.92 Å². The van der Waals surface area contributed by atoms with Gasteiger partial charge in [0.15, 0.2) is 5.60 Å². The summed E-state index contributed by atoms with van der Waals surface area (Å²) in [5.41, 5.74) is -1.53. The van der Waals surface area contributed by atoms with Crippen molar-refractivity contribution in [3.8, 4) is 0 Å². The van der Waals surface area contributed by atoms with Crippen LogP contribution in [0.2, 0.25) is 0 Å². The molecule has 3 aliphatic heterocycles. The first-order valence-electron chi connectivity index (χ1n) is 8.89. The van der Waals surface area contributed by atoms with Crippen LogP contribution < -0.4 is 0 Å². The Morgan fingerprint density at radius 1 is 1.33 bits per heavy atom. The van der Waals surface area contributed by atoms with Gasteiger partial charge in [-0.3, -0.25) is 4.79 Å². The molecule has 3 rings (SSSR count). The minimum Gasteiger partial charge on any atom is -0.454 e. The van der Waals surface area contributed by atoms with Crippen LogP contribution in [0.15, 0.2) is 23.0 Å². The largest absolute Gasteiger partial charge is 0.454 e. The van der Waals surface area contributed by atoms with Crippen molar-refractivity contribution in [3.63, 3.8) is 0 Å². The molecular weight excluding hydrogens is 356 g/mol. The van der Waals surface area contributed by atoms with Crippen LogP contribution in [0.3, 0.4) is 0 Å². The molecule has 0 saturated carbocycles. The van der Waals surface area contributed by atoms with Crippen molar-refractivity contribution in [1.29, 1.82) is 0 Å². The fourth-order valence-corrected chi connectivity index (χ4v) is 4.29. The lowest BCUT2D eigenvalue weighted by Crippen LogP contribution is -2.58. The van der Waals surface area contributed by atoms with E-state index in [4.69, 9.17) is 23.7 Å². The Morgan fingerprint density at radius 3 is 2.63 bits per heavy atom. The second-order valence-corrected chi connectivity index (χ2v) is 7.64. The second-order valence-electron chi connectivity index (χ2n) is 7.64. The maximum absolute atomic E-state index is 12.3. The van der Waals surface area contributed by atoms with Gasteiger partial charge in [-0.15, -0.1) is 0 Å². The molecule has 2 bridgehead atoms. The van der Waals surface area contributed by atoms with Gasteiger partial charge in [0, 0.05) is 39.6 Å². The van der Waals surface area contributed by atoms with Crippen LogP contribution in [0, 0.1) is 0 Å². The van der Waals surface area contributed by atoms with Crippen LogP contribution in [-0.2, 0) is 33.3 Å². The average Bonchev–Trinajstić information content (AvgIpc) is 3.06. The number of aliphatic hydroxyl groups is 1. The number of carbonyl (C=O) groups is 2. The third kappa shape index (κ3) is 3.20. The number of fused-ring (bicyclic) bond motifs is 3. The number of hydrogen-bond acceptors (Lipinski definition) is 8. The van der Waals surface area contributed by atoms with Crippen molar-refractivity contribution in [2.45, 2.75) is 63.1 Å². The van der Waals surface area contributed by atoms with Crippen molar-refractivity contribution in [3.05, 3.63) is 23.0 Å². The zero-order valence-electron chi connectivity index (χ0n) is 16.3. The van der Waals surface area contributed by atoms with Crippen LogP contribution in [0.5, 0.6) is 0 Å². The molecule has 1 saturated heterocycles. The number of methoxy groups -OCH3 is 2. The summed E-state index contributed by atoms with van der Waals surface area (Å²) in [6.07, 6.45) is 1.51. The van der Waals surface area contributed by atoms with Gasteiger partial charge in [0.1, 0.15) is 5.76 Å². The molecule has 150 valence electrons. The third-order valence-corrected chi connectivity index (χ3v) is 5.53. The van der Waals surface area contributed by atoms with Gasteiger partial charge in [-0.05, 0) is 26.3 Å². The molecular formula is C19H26O8. The second kappa shape index (κ2) is 6.70. The van der Waals surface area contributed by atoms with Gasteiger partial charge in [-0.2, -0.15) is 0 Å². The summed E-state index contributed by atoms with van der Waals surface area (Å²) in [6.45, 7) is 4.81. The Labute approximate surface area is 158 Å². The van der Waals surface area contributed by atoms with Gasteiger partial charge in [0.25, 0.3) is 0 Å². The highest BCUT2D eigenvalue weighted by Gasteiger charge is 2.61. The van der Waals surface area contributed by atoms with Gasteiger partial charge in [0.2, 0.25) is 5.79 Å². The lowest BCUT2D eigenvalue weighted by molar-refractivity contribution is -0.313. The Hall–Kier alpha value is -1.74. The van der Waals surface area contributed by atoms with E-state index in [0.29, 0.717) is 18.4 Å². The summed E-state index contributed by atoms with van der Waals surface area (Å²) in [5.74, 6) is -2.07. The molecule has 0 spiro atoms. The zero-order valence-corrected chi connectivity index (χ0v) is 16.3. The quantitative estimate of drug-likeness (QED) is 0.728. The van der Waals surface area contributed by atoms with Crippen molar-refractivity contribution in [1.82, 2.24) is 0 Å². The molecule has 0 aromatic carbocycles. The highest BCUT2D eigenvalue weighted by molar-refractivity contribution is 5.95. The number of carbonyl (C=O) groups excluding carboxylic acids is 2. The van der Waals surface area contributed by atoms with E-state index >= 15 is 0 Å². The Bertz CT molecular complexity index is 725. The minimum absolute atomic E-state index is 0.000160. The number of ether oxygens (including phenoxy) is 5. The summed E-state index contributed by atoms with van der Waals surface area (Å²) in [6, 6.07) is 0. The van der Waals surface area contributed by atoms with Gasteiger partial charge in [-0.1, -0.05) is 0 Å². The fraction of sp³-hybridized carbons (Fsp3) is 0.684. The monoisotopic (exact) mass is 382 g/mol. The number of esters is 2. The highest BCUT2D eigenvalue weighted by Crippen LogP contribution is 2.51. The fourth-order valence-electron chi connectivity index (χ4n) is 4.29. The Balaban J connectivity index is 2.17. The van der Waals surface area contributed by atoms with Crippen molar-refractivity contribution in [2.24, 2.45) is 0 Å². The van der Waals surface area contributed by atoms with E-state index in [0.717, 1.165) is 0 Å². The van der Waals surface area contributed by atoms with Crippen LogP contribution in [-0.4, -0.2) is 61.0 Å². The molecule has 0 unspecified atom stereocenters. The molecule has 1 fully saturated rings. The number of aliphatic hydroxyl groups excluding tert-OH is 1. The third-order valence-electron chi connectivity index (χ3n) is 5.53. The summed E-state index contributed by atoms with van der Waals surface area (Å²) >= 11 is 0. The van der Waals surface area contributed by atoms with Crippen LogP contribution >= 0.6 is 0 Å². The first-order valence-corrected chi connectivity index (χ1v) is 8.89. The predicted molar refractivity (Wildman–Crippen MR) is 92.3 cm³/mol. The molecule has 0 aromatic rings.